The van der Waals surface area contributed by atoms with E-state index >= 15 is 0 Å². The highest BCUT2D eigenvalue weighted by atomic mass is 32.2. The van der Waals surface area contributed by atoms with Crippen LogP contribution in [0, 0.1) is 0 Å². The molecule has 0 spiro atoms. The summed E-state index contributed by atoms with van der Waals surface area (Å²) in [6, 6.07) is 17.9. The molecule has 0 radical (unpaired) electrons. The average molecular weight is 477 g/mol. The molecule has 34 heavy (non-hydrogen) atoms. The van der Waals surface area contributed by atoms with E-state index in [1.54, 1.807) is 62.3 Å². The number of para-hydroxylation sites is 1. The van der Waals surface area contributed by atoms with Crippen molar-refractivity contribution in [2.75, 3.05) is 21.3 Å². The summed E-state index contributed by atoms with van der Waals surface area (Å²) in [5, 5.41) is 1.02. The lowest BCUT2D eigenvalue weighted by Gasteiger charge is -2.16. The van der Waals surface area contributed by atoms with Gasteiger partial charge in [0.15, 0.2) is 22.4 Å². The number of thioether (sulfide) groups is 1. The molecule has 0 N–H and O–H groups in total. The zero-order valence-corrected chi connectivity index (χ0v) is 20.1. The predicted molar refractivity (Wildman–Crippen MR) is 133 cm³/mol. The standard InChI is InChI=1S/C26H24N2O5S/c1-16(29)17-9-11-22(31-2)18(13-17)15-34-26-27-21-8-6-5-7-20(21)25(30)28(26)19-10-12-23(32-3)24(14-19)33-4/h5-14H,15H2,1-4H3. The lowest BCUT2D eigenvalue weighted by molar-refractivity contribution is 0.101. The molecule has 174 valence electrons. The molecule has 0 saturated heterocycles. The number of hydrogen-bond acceptors (Lipinski definition) is 7. The largest absolute Gasteiger partial charge is 0.496 e. The lowest BCUT2D eigenvalue weighted by atomic mass is 10.1. The van der Waals surface area contributed by atoms with Crippen molar-refractivity contribution in [3.05, 3.63) is 82.1 Å². The molecule has 0 aliphatic heterocycles. The van der Waals surface area contributed by atoms with Crippen LogP contribution in [-0.4, -0.2) is 36.7 Å². The van der Waals surface area contributed by atoms with Gasteiger partial charge in [0.25, 0.3) is 5.56 Å². The third-order valence-corrected chi connectivity index (χ3v) is 6.40. The minimum Gasteiger partial charge on any atom is -0.496 e. The molecule has 0 saturated carbocycles. The summed E-state index contributed by atoms with van der Waals surface area (Å²) in [7, 11) is 4.70. The van der Waals surface area contributed by atoms with Gasteiger partial charge in [-0.3, -0.25) is 14.2 Å². The van der Waals surface area contributed by atoms with Crippen LogP contribution in [0.5, 0.6) is 17.2 Å². The van der Waals surface area contributed by atoms with Gasteiger partial charge in [-0.25, -0.2) is 4.98 Å². The fourth-order valence-electron chi connectivity index (χ4n) is 3.65. The molecule has 1 aromatic heterocycles. The van der Waals surface area contributed by atoms with Gasteiger partial charge < -0.3 is 14.2 Å². The number of Topliss-reactive ketones (excluding diaryl/α,β-unsaturated/α-hetero) is 1. The topological polar surface area (TPSA) is 79.7 Å². The molecule has 4 aromatic rings. The van der Waals surface area contributed by atoms with Gasteiger partial charge in [0.2, 0.25) is 0 Å². The monoisotopic (exact) mass is 476 g/mol. The van der Waals surface area contributed by atoms with Gasteiger partial charge in [-0.05, 0) is 49.4 Å². The lowest BCUT2D eigenvalue weighted by Crippen LogP contribution is -2.21. The van der Waals surface area contributed by atoms with Crippen LogP contribution < -0.4 is 19.8 Å². The van der Waals surface area contributed by atoms with E-state index in [1.807, 2.05) is 24.3 Å². The van der Waals surface area contributed by atoms with Gasteiger partial charge in [-0.15, -0.1) is 0 Å². The first kappa shape index (κ1) is 23.4. The van der Waals surface area contributed by atoms with E-state index in [4.69, 9.17) is 19.2 Å². The maximum atomic E-state index is 13.5. The Hall–Kier alpha value is -3.78. The van der Waals surface area contributed by atoms with E-state index in [-0.39, 0.29) is 11.3 Å². The summed E-state index contributed by atoms with van der Waals surface area (Å²) in [4.78, 5) is 30.2. The number of rotatable bonds is 8. The highest BCUT2D eigenvalue weighted by molar-refractivity contribution is 7.98. The molecule has 0 amide bonds. The number of carbonyl (C=O) groups is 1. The number of benzene rings is 3. The van der Waals surface area contributed by atoms with E-state index in [0.717, 1.165) is 5.56 Å². The number of aromatic nitrogens is 2. The van der Waals surface area contributed by atoms with Crippen molar-refractivity contribution in [3.63, 3.8) is 0 Å². The first-order valence-corrected chi connectivity index (χ1v) is 11.5. The smallest absolute Gasteiger partial charge is 0.266 e. The highest BCUT2D eigenvalue weighted by Crippen LogP contribution is 2.33. The fraction of sp³-hybridized carbons (Fsp3) is 0.192. The maximum Gasteiger partial charge on any atom is 0.266 e. The third-order valence-electron chi connectivity index (χ3n) is 5.41. The summed E-state index contributed by atoms with van der Waals surface area (Å²) in [6.45, 7) is 1.53. The van der Waals surface area contributed by atoms with Gasteiger partial charge in [0.1, 0.15) is 5.75 Å². The van der Waals surface area contributed by atoms with Crippen LogP contribution in [-0.2, 0) is 5.75 Å². The Balaban J connectivity index is 1.84. The molecule has 3 aromatic carbocycles. The second kappa shape index (κ2) is 10.0. The van der Waals surface area contributed by atoms with Gasteiger partial charge in [0, 0.05) is 22.9 Å². The number of ether oxygens (including phenoxy) is 3. The number of nitrogens with zero attached hydrogens (tertiary/aromatic N) is 2. The van der Waals surface area contributed by atoms with Crippen molar-refractivity contribution in [2.24, 2.45) is 0 Å². The number of methoxy groups -OCH3 is 3. The molecule has 0 aliphatic rings. The van der Waals surface area contributed by atoms with Crippen molar-refractivity contribution < 1.29 is 19.0 Å². The van der Waals surface area contributed by atoms with Crippen LogP contribution in [0.1, 0.15) is 22.8 Å². The quantitative estimate of drug-likeness (QED) is 0.203. The molecular weight excluding hydrogens is 452 g/mol. The molecular formula is C26H24N2O5S. The van der Waals surface area contributed by atoms with E-state index < -0.39 is 0 Å². The Labute approximate surface area is 201 Å². The van der Waals surface area contributed by atoms with Crippen LogP contribution in [0.2, 0.25) is 0 Å². The summed E-state index contributed by atoms with van der Waals surface area (Å²) in [5.74, 6) is 2.15. The first-order chi connectivity index (χ1) is 16.5. The number of hydrogen-bond donors (Lipinski definition) is 0. The Bertz CT molecular complexity index is 1430. The zero-order valence-electron chi connectivity index (χ0n) is 19.3. The molecule has 7 nitrogen and oxygen atoms in total. The van der Waals surface area contributed by atoms with Crippen molar-refractivity contribution in [1.29, 1.82) is 0 Å². The Morgan fingerprint density at radius 2 is 1.62 bits per heavy atom. The average Bonchev–Trinajstić information content (AvgIpc) is 2.86. The summed E-state index contributed by atoms with van der Waals surface area (Å²) in [5.41, 5.74) is 2.45. The van der Waals surface area contributed by atoms with Crippen molar-refractivity contribution >= 4 is 28.4 Å². The summed E-state index contributed by atoms with van der Waals surface area (Å²) in [6.07, 6.45) is 0. The minimum atomic E-state index is -0.190. The Kier molecular flexibility index (Phi) is 6.88. The second-order valence-electron chi connectivity index (χ2n) is 7.46. The zero-order chi connectivity index (χ0) is 24.2. The number of fused-ring (bicyclic) bond motifs is 1. The molecule has 0 fully saturated rings. The molecule has 8 heteroatoms. The van der Waals surface area contributed by atoms with Crippen LogP contribution in [0.25, 0.3) is 16.6 Å². The van der Waals surface area contributed by atoms with Crippen LogP contribution in [0.3, 0.4) is 0 Å². The molecule has 4 rings (SSSR count). The predicted octanol–water partition coefficient (Wildman–Crippen LogP) is 4.91. The SMILES string of the molecule is COc1ccc(C(C)=O)cc1CSc1nc2ccccc2c(=O)n1-c1ccc(OC)c(OC)c1. The van der Waals surface area contributed by atoms with Crippen LogP contribution >= 0.6 is 11.8 Å². The van der Waals surface area contributed by atoms with E-state index in [9.17, 15) is 9.59 Å². The molecule has 0 aliphatic carbocycles. The molecule has 0 unspecified atom stereocenters. The van der Waals surface area contributed by atoms with E-state index in [0.29, 0.717) is 50.3 Å². The third kappa shape index (κ3) is 4.49. The van der Waals surface area contributed by atoms with Gasteiger partial charge in [-0.2, -0.15) is 0 Å². The normalized spacial score (nSPS) is 10.8. The van der Waals surface area contributed by atoms with Gasteiger partial charge in [-0.1, -0.05) is 23.9 Å². The second-order valence-corrected chi connectivity index (χ2v) is 8.41. The summed E-state index contributed by atoms with van der Waals surface area (Å²) < 4.78 is 17.8. The maximum absolute atomic E-state index is 13.5. The molecule has 1 heterocycles. The molecule has 0 bridgehead atoms. The fourth-order valence-corrected chi connectivity index (χ4v) is 4.64. The number of ketones is 1. The van der Waals surface area contributed by atoms with Gasteiger partial charge in [0.05, 0.1) is 37.9 Å². The Morgan fingerprint density at radius 1 is 0.912 bits per heavy atom. The first-order valence-electron chi connectivity index (χ1n) is 10.5. The van der Waals surface area contributed by atoms with Crippen LogP contribution in [0.4, 0.5) is 0 Å². The highest BCUT2D eigenvalue weighted by Gasteiger charge is 2.17. The number of carbonyl (C=O) groups excluding carboxylic acids is 1. The van der Waals surface area contributed by atoms with Gasteiger partial charge >= 0.3 is 0 Å². The summed E-state index contributed by atoms with van der Waals surface area (Å²) >= 11 is 1.39. The van der Waals surface area contributed by atoms with Crippen molar-refractivity contribution in [2.45, 2.75) is 17.8 Å². The Morgan fingerprint density at radius 3 is 2.32 bits per heavy atom. The van der Waals surface area contributed by atoms with Crippen molar-refractivity contribution in [1.82, 2.24) is 9.55 Å². The van der Waals surface area contributed by atoms with E-state index in [2.05, 4.69) is 0 Å². The molecule has 0 atom stereocenters. The van der Waals surface area contributed by atoms with E-state index in [1.165, 1.54) is 18.7 Å². The van der Waals surface area contributed by atoms with Crippen molar-refractivity contribution in [3.8, 4) is 22.9 Å². The van der Waals surface area contributed by atoms with Crippen LogP contribution in [0.15, 0.2) is 70.6 Å². The minimum absolute atomic E-state index is 0.0278.